The fraction of sp³-hybridized carbons (Fsp3) is 0.333. The summed E-state index contributed by atoms with van der Waals surface area (Å²) in [6.07, 6.45) is 1.50. The van der Waals surface area contributed by atoms with Gasteiger partial charge in [-0.1, -0.05) is 0 Å². The van der Waals surface area contributed by atoms with E-state index in [0.29, 0.717) is 17.1 Å². The molecule has 1 rings (SSSR count). The average Bonchev–Trinajstić information content (AvgIpc) is 2.16. The number of esters is 1. The highest BCUT2D eigenvalue weighted by molar-refractivity contribution is 5.95. The van der Waals surface area contributed by atoms with Crippen LogP contribution >= 0.6 is 0 Å². The molecule has 2 N–H and O–H groups in total. The van der Waals surface area contributed by atoms with Crippen LogP contribution in [0.2, 0.25) is 0 Å². The Labute approximate surface area is 82.5 Å². The first kappa shape index (κ1) is 10.3. The lowest BCUT2D eigenvalue weighted by atomic mass is 10.2. The van der Waals surface area contributed by atoms with Crippen molar-refractivity contribution in [1.29, 1.82) is 0 Å². The number of pyridine rings is 1. The maximum atomic E-state index is 11.3. The summed E-state index contributed by atoms with van der Waals surface area (Å²) in [7, 11) is 4.92. The number of nitrogen functional groups attached to an aromatic ring is 1. The zero-order valence-corrected chi connectivity index (χ0v) is 8.44. The molecular weight excluding hydrogens is 182 g/mol. The van der Waals surface area contributed by atoms with E-state index in [1.807, 2.05) is 0 Å². The molecule has 5 nitrogen and oxygen atoms in total. The molecule has 0 bridgehead atoms. The summed E-state index contributed by atoms with van der Waals surface area (Å²) >= 11 is 0. The van der Waals surface area contributed by atoms with Crippen LogP contribution in [0.15, 0.2) is 12.3 Å². The van der Waals surface area contributed by atoms with E-state index < -0.39 is 5.97 Å². The maximum absolute atomic E-state index is 11.3. The van der Waals surface area contributed by atoms with E-state index >= 15 is 0 Å². The largest absolute Gasteiger partial charge is 0.465 e. The van der Waals surface area contributed by atoms with Gasteiger partial charge >= 0.3 is 5.97 Å². The summed E-state index contributed by atoms with van der Waals surface area (Å²) in [5.41, 5.74) is 6.34. The molecule has 5 heteroatoms. The van der Waals surface area contributed by atoms with Gasteiger partial charge in [0.25, 0.3) is 0 Å². The first-order chi connectivity index (χ1) is 6.56. The van der Waals surface area contributed by atoms with Crippen molar-refractivity contribution in [1.82, 2.24) is 4.98 Å². The zero-order valence-electron chi connectivity index (χ0n) is 8.44. The summed E-state index contributed by atoms with van der Waals surface area (Å²) in [5.74, 6) is 0.111. The molecular formula is C9H13N3O2. The molecule has 0 atom stereocenters. The Kier molecular flexibility index (Phi) is 2.91. The van der Waals surface area contributed by atoms with Gasteiger partial charge in [0.15, 0.2) is 0 Å². The van der Waals surface area contributed by atoms with E-state index in [-0.39, 0.29) is 0 Å². The molecule has 0 amide bonds. The lowest BCUT2D eigenvalue weighted by Crippen LogP contribution is -2.16. The second-order valence-electron chi connectivity index (χ2n) is 3.03. The first-order valence-electron chi connectivity index (χ1n) is 4.07. The normalized spacial score (nSPS) is 9.64. The second-order valence-corrected chi connectivity index (χ2v) is 3.03. The number of aromatic nitrogens is 1. The summed E-state index contributed by atoms with van der Waals surface area (Å²) in [4.78, 5) is 17.1. The molecule has 0 aliphatic heterocycles. The predicted octanol–water partition coefficient (Wildman–Crippen LogP) is 0.516. The van der Waals surface area contributed by atoms with Gasteiger partial charge < -0.3 is 15.4 Å². The van der Waals surface area contributed by atoms with Crippen LogP contribution in [0.3, 0.4) is 0 Å². The highest BCUT2D eigenvalue weighted by atomic mass is 16.5. The van der Waals surface area contributed by atoms with Crippen molar-refractivity contribution in [3.8, 4) is 0 Å². The number of carbonyl (C=O) groups is 1. The molecule has 76 valence electrons. The zero-order chi connectivity index (χ0) is 10.7. The van der Waals surface area contributed by atoms with Crippen LogP contribution in [0.4, 0.5) is 11.5 Å². The molecule has 14 heavy (non-hydrogen) atoms. The van der Waals surface area contributed by atoms with Crippen molar-refractivity contribution >= 4 is 17.5 Å². The number of anilines is 2. The monoisotopic (exact) mass is 195 g/mol. The van der Waals surface area contributed by atoms with Gasteiger partial charge in [0, 0.05) is 14.1 Å². The molecule has 0 aliphatic carbocycles. The van der Waals surface area contributed by atoms with Crippen LogP contribution in [0, 0.1) is 0 Å². The second kappa shape index (κ2) is 3.95. The smallest absolute Gasteiger partial charge is 0.341 e. The third-order valence-electron chi connectivity index (χ3n) is 1.72. The van der Waals surface area contributed by atoms with E-state index in [2.05, 4.69) is 9.72 Å². The van der Waals surface area contributed by atoms with Crippen LogP contribution in [-0.4, -0.2) is 32.2 Å². The van der Waals surface area contributed by atoms with Gasteiger partial charge in [-0.2, -0.15) is 0 Å². The average molecular weight is 195 g/mol. The Balaban J connectivity index is 3.22. The molecule has 0 aromatic carbocycles. The Morgan fingerprint density at radius 2 is 2.21 bits per heavy atom. The Bertz CT molecular complexity index is 350. The minimum Gasteiger partial charge on any atom is -0.465 e. The summed E-state index contributed by atoms with van der Waals surface area (Å²) < 4.78 is 4.62. The van der Waals surface area contributed by atoms with Crippen LogP contribution < -0.4 is 10.6 Å². The fourth-order valence-electron chi connectivity index (χ4n) is 1.09. The van der Waals surface area contributed by atoms with E-state index in [1.165, 1.54) is 13.3 Å². The van der Waals surface area contributed by atoms with Crippen molar-refractivity contribution in [3.05, 3.63) is 17.8 Å². The molecule has 1 aromatic heterocycles. The van der Waals surface area contributed by atoms with E-state index in [9.17, 15) is 4.79 Å². The van der Waals surface area contributed by atoms with Crippen molar-refractivity contribution in [3.63, 3.8) is 0 Å². The number of methoxy groups -OCH3 is 1. The number of hydrogen-bond donors (Lipinski definition) is 1. The molecule has 0 saturated heterocycles. The number of hydrogen-bond acceptors (Lipinski definition) is 5. The molecule has 1 heterocycles. The molecule has 1 aromatic rings. The van der Waals surface area contributed by atoms with E-state index in [0.717, 1.165) is 0 Å². The molecule has 0 saturated carbocycles. The van der Waals surface area contributed by atoms with Gasteiger partial charge in [-0.15, -0.1) is 0 Å². The SMILES string of the molecule is COC(=O)c1cc(N)cnc1N(C)C. The van der Waals surface area contributed by atoms with Gasteiger partial charge in [-0.25, -0.2) is 9.78 Å². The molecule has 0 unspecified atom stereocenters. The number of nitrogens with two attached hydrogens (primary N) is 1. The number of nitrogens with zero attached hydrogens (tertiary/aromatic N) is 2. The van der Waals surface area contributed by atoms with Gasteiger partial charge in [-0.05, 0) is 6.07 Å². The number of rotatable bonds is 2. The third kappa shape index (κ3) is 1.93. The molecule has 0 aliphatic rings. The fourth-order valence-corrected chi connectivity index (χ4v) is 1.09. The number of carbonyl (C=O) groups excluding carboxylic acids is 1. The van der Waals surface area contributed by atoms with E-state index in [4.69, 9.17) is 5.73 Å². The highest BCUT2D eigenvalue weighted by Crippen LogP contribution is 2.18. The van der Waals surface area contributed by atoms with Gasteiger partial charge in [0.05, 0.1) is 19.0 Å². The van der Waals surface area contributed by atoms with Crippen LogP contribution in [-0.2, 0) is 4.74 Å². The van der Waals surface area contributed by atoms with Crippen molar-refractivity contribution in [2.75, 3.05) is 31.8 Å². The quantitative estimate of drug-likeness (QED) is 0.696. The Morgan fingerprint density at radius 3 is 2.71 bits per heavy atom. The number of ether oxygens (including phenoxy) is 1. The summed E-state index contributed by atoms with van der Waals surface area (Å²) in [6.45, 7) is 0. The Hall–Kier alpha value is -1.78. The Morgan fingerprint density at radius 1 is 1.57 bits per heavy atom. The molecule has 0 fully saturated rings. The minimum atomic E-state index is -0.437. The van der Waals surface area contributed by atoms with Crippen molar-refractivity contribution in [2.24, 2.45) is 0 Å². The molecule has 0 radical (unpaired) electrons. The van der Waals surface area contributed by atoms with Crippen LogP contribution in [0.5, 0.6) is 0 Å². The standard InChI is InChI=1S/C9H13N3O2/c1-12(2)8-7(9(13)14-3)4-6(10)5-11-8/h4-5H,10H2,1-3H3. The lowest BCUT2D eigenvalue weighted by molar-refractivity contribution is 0.0601. The van der Waals surface area contributed by atoms with E-state index in [1.54, 1.807) is 25.1 Å². The van der Waals surface area contributed by atoms with Crippen LogP contribution in [0.25, 0.3) is 0 Å². The molecule has 0 spiro atoms. The van der Waals surface area contributed by atoms with Gasteiger partial charge in [-0.3, -0.25) is 0 Å². The summed E-state index contributed by atoms with van der Waals surface area (Å²) in [6, 6.07) is 1.55. The minimum absolute atomic E-state index is 0.373. The lowest BCUT2D eigenvalue weighted by Gasteiger charge is -2.14. The van der Waals surface area contributed by atoms with Crippen molar-refractivity contribution < 1.29 is 9.53 Å². The topological polar surface area (TPSA) is 68.5 Å². The van der Waals surface area contributed by atoms with Gasteiger partial charge in [0.2, 0.25) is 0 Å². The highest BCUT2D eigenvalue weighted by Gasteiger charge is 2.14. The van der Waals surface area contributed by atoms with Gasteiger partial charge in [0.1, 0.15) is 11.4 Å². The predicted molar refractivity (Wildman–Crippen MR) is 54.3 cm³/mol. The van der Waals surface area contributed by atoms with Crippen LogP contribution in [0.1, 0.15) is 10.4 Å². The first-order valence-corrected chi connectivity index (χ1v) is 4.07. The summed E-state index contributed by atoms with van der Waals surface area (Å²) in [5, 5.41) is 0. The van der Waals surface area contributed by atoms with Crippen molar-refractivity contribution in [2.45, 2.75) is 0 Å². The third-order valence-corrected chi connectivity index (χ3v) is 1.72. The maximum Gasteiger partial charge on any atom is 0.341 e.